The Labute approximate surface area is 140 Å². The molecule has 2 N–H and O–H groups in total. The molecule has 0 aliphatic rings. The molecule has 2 aromatic rings. The fourth-order valence-electron chi connectivity index (χ4n) is 2.04. The molecule has 0 amide bonds. The fraction of sp³-hybridized carbons (Fsp3) is 0.158. The van der Waals surface area contributed by atoms with Gasteiger partial charge in [0.15, 0.2) is 0 Å². The molecule has 0 bridgehead atoms. The van der Waals surface area contributed by atoms with Crippen molar-refractivity contribution in [3.63, 3.8) is 0 Å². The zero-order chi connectivity index (χ0) is 17.5. The van der Waals surface area contributed by atoms with Gasteiger partial charge in [0, 0.05) is 6.08 Å². The summed E-state index contributed by atoms with van der Waals surface area (Å²) in [6, 6.07) is 16.9. The van der Waals surface area contributed by atoms with Gasteiger partial charge in [0.1, 0.15) is 6.10 Å². The van der Waals surface area contributed by atoms with Crippen molar-refractivity contribution in [3.05, 3.63) is 71.9 Å². The van der Waals surface area contributed by atoms with Crippen LogP contribution >= 0.6 is 0 Å². The minimum Gasteiger partial charge on any atom is -0.466 e. The smallest absolute Gasteiger partial charge is 0.338 e. The van der Waals surface area contributed by atoms with Gasteiger partial charge in [-0.15, -0.1) is 0 Å². The lowest BCUT2D eigenvalue weighted by Crippen LogP contribution is -2.23. The van der Waals surface area contributed by atoms with Crippen LogP contribution in [0.15, 0.2) is 66.4 Å². The van der Waals surface area contributed by atoms with E-state index in [2.05, 4.69) is 4.74 Å². The van der Waals surface area contributed by atoms with Crippen LogP contribution in [-0.4, -0.2) is 25.2 Å². The summed E-state index contributed by atoms with van der Waals surface area (Å²) in [5, 5.41) is 0. The number of benzene rings is 2. The van der Waals surface area contributed by atoms with E-state index < -0.39 is 18.0 Å². The van der Waals surface area contributed by atoms with Crippen molar-refractivity contribution in [2.45, 2.75) is 13.0 Å². The van der Waals surface area contributed by atoms with E-state index in [0.717, 1.165) is 17.2 Å². The van der Waals surface area contributed by atoms with Crippen LogP contribution in [0, 0.1) is 0 Å². The predicted octanol–water partition coefficient (Wildman–Crippen LogP) is 2.91. The molecular formula is C19H19NO4. The predicted molar refractivity (Wildman–Crippen MR) is 91.0 cm³/mol. The Kier molecular flexibility index (Phi) is 5.73. The maximum absolute atomic E-state index is 12.1. The Morgan fingerprint density at radius 1 is 1.00 bits per heavy atom. The van der Waals surface area contributed by atoms with E-state index in [1.54, 1.807) is 19.1 Å². The van der Waals surface area contributed by atoms with E-state index in [9.17, 15) is 9.59 Å². The summed E-state index contributed by atoms with van der Waals surface area (Å²) >= 11 is 0. The average Bonchev–Trinajstić information content (AvgIpc) is 2.62. The van der Waals surface area contributed by atoms with Gasteiger partial charge < -0.3 is 15.2 Å². The summed E-state index contributed by atoms with van der Waals surface area (Å²) < 4.78 is 9.73. The van der Waals surface area contributed by atoms with Crippen LogP contribution in [0.25, 0.3) is 11.1 Å². The third-order valence-electron chi connectivity index (χ3n) is 3.47. The largest absolute Gasteiger partial charge is 0.466 e. The molecule has 0 spiro atoms. The summed E-state index contributed by atoms with van der Waals surface area (Å²) in [5.41, 5.74) is 8.30. The summed E-state index contributed by atoms with van der Waals surface area (Å²) in [5.74, 6) is -1.11. The first-order valence-corrected chi connectivity index (χ1v) is 7.42. The van der Waals surface area contributed by atoms with Crippen molar-refractivity contribution >= 4 is 11.9 Å². The SMILES string of the molecule is COC(=O)C=C(N)C(C)OC(=O)c1ccc(-c2ccccc2)cc1. The summed E-state index contributed by atoms with van der Waals surface area (Å²) in [6.45, 7) is 1.59. The molecule has 124 valence electrons. The van der Waals surface area contributed by atoms with Crippen LogP contribution in [0.1, 0.15) is 17.3 Å². The molecule has 0 aliphatic carbocycles. The summed E-state index contributed by atoms with van der Waals surface area (Å²) in [6.07, 6.45) is 0.363. The van der Waals surface area contributed by atoms with Crippen LogP contribution in [0.3, 0.4) is 0 Å². The van der Waals surface area contributed by atoms with Gasteiger partial charge in [-0.2, -0.15) is 0 Å². The van der Waals surface area contributed by atoms with Gasteiger partial charge in [-0.1, -0.05) is 42.5 Å². The molecule has 5 nitrogen and oxygen atoms in total. The molecule has 0 aliphatic heterocycles. The van der Waals surface area contributed by atoms with Gasteiger partial charge in [-0.25, -0.2) is 9.59 Å². The molecule has 0 fully saturated rings. The molecule has 2 rings (SSSR count). The number of ether oxygens (including phenoxy) is 2. The highest BCUT2D eigenvalue weighted by molar-refractivity contribution is 5.90. The third-order valence-corrected chi connectivity index (χ3v) is 3.47. The topological polar surface area (TPSA) is 78.6 Å². The van der Waals surface area contributed by atoms with Gasteiger partial charge in [0.05, 0.1) is 18.4 Å². The van der Waals surface area contributed by atoms with E-state index in [1.165, 1.54) is 7.11 Å². The number of rotatable bonds is 5. The fourth-order valence-corrected chi connectivity index (χ4v) is 2.04. The maximum Gasteiger partial charge on any atom is 0.338 e. The highest BCUT2D eigenvalue weighted by Gasteiger charge is 2.15. The normalized spacial score (nSPS) is 12.3. The van der Waals surface area contributed by atoms with Gasteiger partial charge >= 0.3 is 11.9 Å². The lowest BCUT2D eigenvalue weighted by atomic mass is 10.0. The maximum atomic E-state index is 12.1. The van der Waals surface area contributed by atoms with Gasteiger partial charge in [-0.05, 0) is 30.2 Å². The monoisotopic (exact) mass is 325 g/mol. The lowest BCUT2D eigenvalue weighted by Gasteiger charge is -2.13. The van der Waals surface area contributed by atoms with Crippen LogP contribution in [0.4, 0.5) is 0 Å². The number of carbonyl (C=O) groups is 2. The molecule has 2 aromatic carbocycles. The van der Waals surface area contributed by atoms with Crippen LogP contribution in [-0.2, 0) is 14.3 Å². The number of nitrogens with two attached hydrogens (primary N) is 1. The van der Waals surface area contributed by atoms with E-state index in [0.29, 0.717) is 5.56 Å². The molecule has 0 radical (unpaired) electrons. The van der Waals surface area contributed by atoms with E-state index in [1.807, 2.05) is 42.5 Å². The van der Waals surface area contributed by atoms with Crippen molar-refractivity contribution < 1.29 is 19.1 Å². The second-order valence-corrected chi connectivity index (χ2v) is 5.16. The van der Waals surface area contributed by atoms with E-state index in [4.69, 9.17) is 10.5 Å². The van der Waals surface area contributed by atoms with Crippen molar-refractivity contribution in [2.75, 3.05) is 7.11 Å². The van der Waals surface area contributed by atoms with Gasteiger partial charge in [0.25, 0.3) is 0 Å². The molecule has 1 atom stereocenters. The van der Waals surface area contributed by atoms with Crippen molar-refractivity contribution in [2.24, 2.45) is 5.73 Å². The zero-order valence-corrected chi connectivity index (χ0v) is 13.6. The Morgan fingerprint density at radius 2 is 1.58 bits per heavy atom. The number of esters is 2. The minimum absolute atomic E-state index is 0.121. The van der Waals surface area contributed by atoms with Crippen LogP contribution in [0.5, 0.6) is 0 Å². The number of hydrogen-bond acceptors (Lipinski definition) is 5. The highest BCUT2D eigenvalue weighted by Crippen LogP contribution is 2.19. The van der Waals surface area contributed by atoms with E-state index >= 15 is 0 Å². The quantitative estimate of drug-likeness (QED) is 0.675. The number of methoxy groups -OCH3 is 1. The third kappa shape index (κ3) is 4.46. The van der Waals surface area contributed by atoms with Crippen molar-refractivity contribution in [1.82, 2.24) is 0 Å². The second-order valence-electron chi connectivity index (χ2n) is 5.16. The lowest BCUT2D eigenvalue weighted by molar-refractivity contribution is -0.135. The van der Waals surface area contributed by atoms with Crippen molar-refractivity contribution in [3.8, 4) is 11.1 Å². The van der Waals surface area contributed by atoms with Crippen LogP contribution < -0.4 is 5.73 Å². The second kappa shape index (κ2) is 7.97. The number of carbonyl (C=O) groups excluding carboxylic acids is 2. The summed E-state index contributed by atoms with van der Waals surface area (Å²) in [4.78, 5) is 23.3. The highest BCUT2D eigenvalue weighted by atomic mass is 16.5. The number of hydrogen-bond donors (Lipinski definition) is 1. The Hall–Kier alpha value is -3.08. The first-order chi connectivity index (χ1) is 11.5. The summed E-state index contributed by atoms with van der Waals surface area (Å²) in [7, 11) is 1.25. The molecule has 0 heterocycles. The zero-order valence-electron chi connectivity index (χ0n) is 13.6. The molecule has 1 unspecified atom stereocenters. The molecule has 0 saturated carbocycles. The molecular weight excluding hydrogens is 306 g/mol. The minimum atomic E-state index is -0.731. The first kappa shape index (κ1) is 17.3. The molecule has 24 heavy (non-hydrogen) atoms. The standard InChI is InChI=1S/C19H19NO4/c1-13(17(20)12-18(21)23-2)24-19(22)16-10-8-15(9-11-16)14-6-4-3-5-7-14/h3-13H,20H2,1-2H3. The Balaban J connectivity index is 2.05. The Bertz CT molecular complexity index is 736. The van der Waals surface area contributed by atoms with Gasteiger partial charge in [-0.3, -0.25) is 0 Å². The average molecular weight is 325 g/mol. The van der Waals surface area contributed by atoms with Crippen molar-refractivity contribution in [1.29, 1.82) is 0 Å². The first-order valence-electron chi connectivity index (χ1n) is 7.42. The van der Waals surface area contributed by atoms with Crippen LogP contribution in [0.2, 0.25) is 0 Å². The van der Waals surface area contributed by atoms with E-state index in [-0.39, 0.29) is 5.70 Å². The molecule has 0 saturated heterocycles. The molecule has 0 aromatic heterocycles. The van der Waals surface area contributed by atoms with Gasteiger partial charge in [0.2, 0.25) is 0 Å². The molecule has 5 heteroatoms. The Morgan fingerprint density at radius 3 is 2.17 bits per heavy atom.